The van der Waals surface area contributed by atoms with Gasteiger partial charge < -0.3 is 10.6 Å². The fourth-order valence-electron chi connectivity index (χ4n) is 4.09. The summed E-state index contributed by atoms with van der Waals surface area (Å²) in [5, 5.41) is 10.8. The number of rotatable bonds is 6. The van der Waals surface area contributed by atoms with E-state index in [1.807, 2.05) is 7.05 Å². The van der Waals surface area contributed by atoms with Gasteiger partial charge in [-0.1, -0.05) is 38.1 Å². The summed E-state index contributed by atoms with van der Waals surface area (Å²) in [5.41, 5.74) is 2.70. The highest BCUT2D eigenvalue weighted by atomic mass is 127. The molecule has 0 amide bonds. The molecule has 1 fully saturated rings. The van der Waals surface area contributed by atoms with Crippen LogP contribution >= 0.6 is 24.0 Å². The molecule has 0 saturated carbocycles. The number of guanidine groups is 1. The van der Waals surface area contributed by atoms with Gasteiger partial charge in [0.25, 0.3) is 0 Å². The van der Waals surface area contributed by atoms with Crippen LogP contribution < -0.4 is 10.6 Å². The number of halogens is 1. The number of hydrogen-bond donors (Lipinski definition) is 2. The predicted octanol–water partition coefficient (Wildman–Crippen LogP) is 2.78. The van der Waals surface area contributed by atoms with Crippen LogP contribution in [0.1, 0.15) is 37.2 Å². The quantitative estimate of drug-likeness (QED) is 0.355. The number of aryl methyl sites for hydroxylation is 1. The molecule has 0 radical (unpaired) electrons. The van der Waals surface area contributed by atoms with Crippen LogP contribution in [0.3, 0.4) is 0 Å². The van der Waals surface area contributed by atoms with Crippen molar-refractivity contribution in [2.45, 2.75) is 39.9 Å². The van der Waals surface area contributed by atoms with E-state index >= 15 is 0 Å². The molecule has 2 N–H and O–H groups in total. The third-order valence-corrected chi connectivity index (χ3v) is 5.35. The Kier molecular flexibility index (Phi) is 9.35. The topological polar surface area (TPSA) is 70.4 Å². The van der Waals surface area contributed by atoms with Crippen molar-refractivity contribution in [3.05, 3.63) is 47.5 Å². The molecule has 1 saturated heterocycles. The van der Waals surface area contributed by atoms with E-state index in [9.17, 15) is 0 Å². The van der Waals surface area contributed by atoms with E-state index in [1.165, 1.54) is 30.6 Å². The monoisotopic (exact) mass is 511 g/mol. The first-order chi connectivity index (χ1) is 13.5. The SMILES string of the molecule is CN=C(NCc1ccccc1CN1CC(C)CC(C)C1)NCc1ncnn1C.I. The lowest BCUT2D eigenvalue weighted by atomic mass is 9.91. The van der Waals surface area contributed by atoms with Crippen LogP contribution in [-0.2, 0) is 26.7 Å². The van der Waals surface area contributed by atoms with Gasteiger partial charge in [0.1, 0.15) is 12.2 Å². The molecule has 8 heteroatoms. The van der Waals surface area contributed by atoms with Crippen molar-refractivity contribution in [3.63, 3.8) is 0 Å². The average Bonchev–Trinajstić information content (AvgIpc) is 3.07. The van der Waals surface area contributed by atoms with E-state index in [-0.39, 0.29) is 24.0 Å². The first kappa shape index (κ1) is 23.6. The average molecular weight is 511 g/mol. The van der Waals surface area contributed by atoms with E-state index < -0.39 is 0 Å². The maximum atomic E-state index is 4.32. The minimum absolute atomic E-state index is 0. The van der Waals surface area contributed by atoms with Crippen LogP contribution in [-0.4, -0.2) is 45.8 Å². The lowest BCUT2D eigenvalue weighted by Gasteiger charge is -2.35. The van der Waals surface area contributed by atoms with Crippen molar-refractivity contribution >= 4 is 29.9 Å². The van der Waals surface area contributed by atoms with Crippen molar-refractivity contribution in [3.8, 4) is 0 Å². The summed E-state index contributed by atoms with van der Waals surface area (Å²) in [6, 6.07) is 8.69. The van der Waals surface area contributed by atoms with Crippen LogP contribution in [0.5, 0.6) is 0 Å². The second-order valence-corrected chi connectivity index (χ2v) is 7.99. The van der Waals surface area contributed by atoms with Gasteiger partial charge in [-0.2, -0.15) is 5.10 Å². The Bertz CT molecular complexity index is 779. The van der Waals surface area contributed by atoms with E-state index in [0.29, 0.717) is 6.54 Å². The molecule has 0 aliphatic carbocycles. The van der Waals surface area contributed by atoms with Crippen molar-refractivity contribution in [1.29, 1.82) is 0 Å². The summed E-state index contributed by atoms with van der Waals surface area (Å²) < 4.78 is 1.76. The number of nitrogens with one attached hydrogen (secondary N) is 2. The second-order valence-electron chi connectivity index (χ2n) is 7.99. The highest BCUT2D eigenvalue weighted by Crippen LogP contribution is 2.23. The first-order valence-corrected chi connectivity index (χ1v) is 10.1. The summed E-state index contributed by atoms with van der Waals surface area (Å²) in [7, 11) is 3.67. The highest BCUT2D eigenvalue weighted by Gasteiger charge is 2.22. The Labute approximate surface area is 191 Å². The minimum atomic E-state index is 0. The maximum absolute atomic E-state index is 4.32. The number of benzene rings is 1. The molecular formula is C21H34IN7. The number of piperidine rings is 1. The third kappa shape index (κ3) is 6.95. The van der Waals surface area contributed by atoms with Gasteiger partial charge in [0.15, 0.2) is 5.96 Å². The van der Waals surface area contributed by atoms with Crippen molar-refractivity contribution in [1.82, 2.24) is 30.3 Å². The number of nitrogens with zero attached hydrogens (tertiary/aromatic N) is 5. The fourth-order valence-corrected chi connectivity index (χ4v) is 4.09. The molecule has 1 aromatic heterocycles. The van der Waals surface area contributed by atoms with Crippen LogP contribution in [0.2, 0.25) is 0 Å². The first-order valence-electron chi connectivity index (χ1n) is 10.1. The van der Waals surface area contributed by atoms with Crippen molar-refractivity contribution < 1.29 is 0 Å². The molecule has 1 aliphatic heterocycles. The van der Waals surface area contributed by atoms with Gasteiger partial charge >= 0.3 is 0 Å². The standard InChI is InChI=1S/C21H33N7.HI/c1-16-9-17(2)13-28(12-16)14-19-8-6-5-7-18(19)10-23-21(22-3)24-11-20-25-15-26-27(20)4;/h5-8,15-17H,9-14H2,1-4H3,(H2,22,23,24);1H. The fraction of sp³-hybridized carbons (Fsp3) is 0.571. The Morgan fingerprint density at radius 2 is 1.76 bits per heavy atom. The Morgan fingerprint density at radius 1 is 1.10 bits per heavy atom. The largest absolute Gasteiger partial charge is 0.352 e. The molecule has 160 valence electrons. The molecule has 1 aliphatic rings. The van der Waals surface area contributed by atoms with Gasteiger partial charge in [-0.3, -0.25) is 14.6 Å². The molecule has 2 unspecified atom stereocenters. The Balaban J connectivity index is 0.00000300. The molecule has 2 atom stereocenters. The van der Waals surface area contributed by atoms with Gasteiger partial charge in [0.2, 0.25) is 0 Å². The minimum Gasteiger partial charge on any atom is -0.352 e. The predicted molar refractivity (Wildman–Crippen MR) is 128 cm³/mol. The zero-order chi connectivity index (χ0) is 19.9. The summed E-state index contributed by atoms with van der Waals surface area (Å²) in [4.78, 5) is 11.2. The Morgan fingerprint density at radius 3 is 2.38 bits per heavy atom. The smallest absolute Gasteiger partial charge is 0.191 e. The molecule has 29 heavy (non-hydrogen) atoms. The van der Waals surface area contributed by atoms with Crippen LogP contribution in [0.25, 0.3) is 0 Å². The molecule has 3 rings (SSSR count). The molecule has 1 aromatic carbocycles. The van der Waals surface area contributed by atoms with Gasteiger partial charge in [-0.05, 0) is 29.4 Å². The van der Waals surface area contributed by atoms with E-state index in [2.05, 4.69) is 68.7 Å². The zero-order valence-corrected chi connectivity index (χ0v) is 20.3. The molecule has 2 aromatic rings. The lowest BCUT2D eigenvalue weighted by Crippen LogP contribution is -2.39. The van der Waals surface area contributed by atoms with Crippen molar-refractivity contribution in [2.75, 3.05) is 20.1 Å². The van der Waals surface area contributed by atoms with Crippen LogP contribution in [0.4, 0.5) is 0 Å². The molecule has 2 heterocycles. The van der Waals surface area contributed by atoms with Gasteiger partial charge in [-0.15, -0.1) is 24.0 Å². The number of likely N-dealkylation sites (tertiary alicyclic amines) is 1. The van der Waals surface area contributed by atoms with Gasteiger partial charge in [0, 0.05) is 40.3 Å². The Hall–Kier alpha value is -1.68. The van der Waals surface area contributed by atoms with E-state index in [0.717, 1.165) is 36.7 Å². The number of aliphatic imine (C=N–C) groups is 1. The van der Waals surface area contributed by atoms with Crippen LogP contribution in [0.15, 0.2) is 35.6 Å². The summed E-state index contributed by atoms with van der Waals surface area (Å²) in [6.07, 6.45) is 2.90. The summed E-state index contributed by atoms with van der Waals surface area (Å²) in [6.45, 7) is 9.44. The lowest BCUT2D eigenvalue weighted by molar-refractivity contribution is 0.134. The van der Waals surface area contributed by atoms with E-state index in [4.69, 9.17) is 0 Å². The van der Waals surface area contributed by atoms with E-state index in [1.54, 1.807) is 18.1 Å². The zero-order valence-electron chi connectivity index (χ0n) is 17.9. The highest BCUT2D eigenvalue weighted by molar-refractivity contribution is 14.0. The maximum Gasteiger partial charge on any atom is 0.191 e. The summed E-state index contributed by atoms with van der Waals surface area (Å²) >= 11 is 0. The molecule has 0 bridgehead atoms. The molecule has 0 spiro atoms. The van der Waals surface area contributed by atoms with Crippen LogP contribution in [0, 0.1) is 11.8 Å². The summed E-state index contributed by atoms with van der Waals surface area (Å²) in [5.74, 6) is 3.19. The third-order valence-electron chi connectivity index (χ3n) is 5.35. The van der Waals surface area contributed by atoms with Gasteiger partial charge in [-0.25, -0.2) is 4.98 Å². The van der Waals surface area contributed by atoms with Crippen molar-refractivity contribution in [2.24, 2.45) is 23.9 Å². The van der Waals surface area contributed by atoms with Gasteiger partial charge in [0.05, 0.1) is 6.54 Å². The number of aromatic nitrogens is 3. The number of hydrogen-bond acceptors (Lipinski definition) is 4. The molecule has 7 nitrogen and oxygen atoms in total. The second kappa shape index (κ2) is 11.5. The normalized spacial score (nSPS) is 20.2. The molecular weight excluding hydrogens is 477 g/mol.